The molecule has 0 bridgehead atoms. The van der Waals surface area contributed by atoms with Crippen LogP contribution in [0.4, 0.5) is 0 Å². The maximum absolute atomic E-state index is 13.7. The molecule has 2 aliphatic rings. The summed E-state index contributed by atoms with van der Waals surface area (Å²) in [7, 11) is -4.49. The van der Waals surface area contributed by atoms with Gasteiger partial charge in [0.05, 0.1) is 23.1 Å². The zero-order chi connectivity index (χ0) is 29.2. The minimum atomic E-state index is -3.82. The predicted octanol–water partition coefficient (Wildman–Crippen LogP) is 3.20. The number of hydrogen-bond acceptors (Lipinski definition) is 7. The molecule has 4 aromatic rings. The van der Waals surface area contributed by atoms with E-state index in [4.69, 9.17) is 9.31 Å². The lowest BCUT2D eigenvalue weighted by Gasteiger charge is -2.35. The Morgan fingerprint density at radius 2 is 1.66 bits per heavy atom. The first-order valence-corrected chi connectivity index (χ1v) is 15.2. The van der Waals surface area contributed by atoms with Crippen LogP contribution in [0.1, 0.15) is 43.6 Å². The van der Waals surface area contributed by atoms with E-state index in [2.05, 4.69) is 4.98 Å². The number of benzene rings is 2. The second-order valence-corrected chi connectivity index (χ2v) is 13.6. The van der Waals surface area contributed by atoms with Gasteiger partial charge in [-0.3, -0.25) is 4.79 Å². The lowest BCUT2D eigenvalue weighted by Crippen LogP contribution is -2.53. The highest BCUT2D eigenvalue weighted by atomic mass is 32.2. The number of aromatic nitrogens is 2. The summed E-state index contributed by atoms with van der Waals surface area (Å²) in [5.74, 6) is -0.341. The smallest absolute Gasteiger partial charge is 0.399 e. The van der Waals surface area contributed by atoms with Gasteiger partial charge in [-0.15, -0.1) is 0 Å². The molecule has 6 rings (SSSR count). The Kier molecular flexibility index (Phi) is 6.61. The van der Waals surface area contributed by atoms with Gasteiger partial charge in [0, 0.05) is 47.5 Å². The van der Waals surface area contributed by atoms with Gasteiger partial charge >= 0.3 is 7.12 Å². The second kappa shape index (κ2) is 9.80. The van der Waals surface area contributed by atoms with Crippen molar-refractivity contribution in [2.75, 3.05) is 13.1 Å². The molecule has 4 heterocycles. The maximum atomic E-state index is 13.7. The summed E-state index contributed by atoms with van der Waals surface area (Å²) in [6, 6.07) is 17.9. The van der Waals surface area contributed by atoms with Crippen molar-refractivity contribution in [1.82, 2.24) is 13.9 Å². The van der Waals surface area contributed by atoms with E-state index >= 15 is 0 Å². The summed E-state index contributed by atoms with van der Waals surface area (Å²) in [4.78, 5) is 18.9. The molecule has 0 saturated carbocycles. The fourth-order valence-electron chi connectivity index (χ4n) is 5.10. The molecule has 41 heavy (non-hydrogen) atoms. The molecule has 2 saturated heterocycles. The summed E-state index contributed by atoms with van der Waals surface area (Å²) in [5.41, 5.74) is 2.44. The van der Waals surface area contributed by atoms with Gasteiger partial charge < -0.3 is 19.3 Å². The normalized spacial score (nSPS) is 18.6. The highest BCUT2D eigenvalue weighted by molar-refractivity contribution is 7.89. The minimum Gasteiger partial charge on any atom is -0.399 e. The third-order valence-electron chi connectivity index (χ3n) is 8.24. The molecule has 212 valence electrons. The van der Waals surface area contributed by atoms with Crippen LogP contribution in [0.2, 0.25) is 0 Å². The number of pyridine rings is 1. The van der Waals surface area contributed by atoms with Crippen molar-refractivity contribution in [3.63, 3.8) is 0 Å². The fourth-order valence-corrected chi connectivity index (χ4v) is 6.52. The van der Waals surface area contributed by atoms with E-state index < -0.39 is 34.4 Å². The Morgan fingerprint density at radius 1 is 1.02 bits per heavy atom. The number of rotatable bonds is 6. The number of nitrogens with zero attached hydrogens (tertiary/aromatic N) is 3. The highest BCUT2D eigenvalue weighted by Gasteiger charge is 2.52. The van der Waals surface area contributed by atoms with Crippen molar-refractivity contribution in [1.29, 1.82) is 0 Å². The van der Waals surface area contributed by atoms with Crippen LogP contribution in [-0.2, 0) is 25.1 Å². The molecule has 2 aromatic carbocycles. The number of carbonyl (C=O) groups excluding carboxylic acids is 1. The van der Waals surface area contributed by atoms with Crippen LogP contribution in [0.3, 0.4) is 0 Å². The van der Waals surface area contributed by atoms with Crippen molar-refractivity contribution >= 4 is 39.5 Å². The Hall–Kier alpha value is -3.51. The van der Waals surface area contributed by atoms with Crippen LogP contribution in [-0.4, -0.2) is 70.8 Å². The average Bonchev–Trinajstić information content (AvgIpc) is 3.40. The molecule has 0 spiro atoms. The Bertz CT molecular complexity index is 1710. The van der Waals surface area contributed by atoms with E-state index in [1.807, 2.05) is 52.0 Å². The molecule has 2 aromatic heterocycles. The second-order valence-electron chi connectivity index (χ2n) is 11.7. The van der Waals surface area contributed by atoms with Gasteiger partial charge in [-0.1, -0.05) is 42.5 Å². The zero-order valence-electron chi connectivity index (χ0n) is 23.4. The van der Waals surface area contributed by atoms with Crippen LogP contribution < -0.4 is 5.46 Å². The summed E-state index contributed by atoms with van der Waals surface area (Å²) < 4.78 is 41.0. The number of aliphatic hydroxyl groups excluding tert-OH is 1. The number of hydrogen-bond donors (Lipinski definition) is 1. The summed E-state index contributed by atoms with van der Waals surface area (Å²) in [5, 5.41) is 10.2. The van der Waals surface area contributed by atoms with E-state index in [9.17, 15) is 18.3 Å². The molecule has 2 aliphatic heterocycles. The molecule has 9 nitrogen and oxygen atoms in total. The largest absolute Gasteiger partial charge is 0.496 e. The summed E-state index contributed by atoms with van der Waals surface area (Å²) >= 11 is 0. The van der Waals surface area contributed by atoms with E-state index in [-0.39, 0.29) is 11.7 Å². The fraction of sp³-hybridized carbons (Fsp3) is 0.333. The molecule has 0 unspecified atom stereocenters. The van der Waals surface area contributed by atoms with Crippen molar-refractivity contribution in [2.24, 2.45) is 0 Å². The van der Waals surface area contributed by atoms with Crippen LogP contribution >= 0.6 is 0 Å². The molecule has 1 amide bonds. The van der Waals surface area contributed by atoms with Crippen LogP contribution in [0.25, 0.3) is 22.2 Å². The summed E-state index contributed by atoms with van der Waals surface area (Å²) in [6.07, 6.45) is 2.71. The van der Waals surface area contributed by atoms with E-state index in [1.54, 1.807) is 53.7 Å². The molecule has 11 heteroatoms. The van der Waals surface area contributed by atoms with Gasteiger partial charge in [-0.2, -0.15) is 0 Å². The van der Waals surface area contributed by atoms with E-state index in [0.29, 0.717) is 46.3 Å². The van der Waals surface area contributed by atoms with Crippen molar-refractivity contribution in [3.05, 3.63) is 84.2 Å². The van der Waals surface area contributed by atoms with Gasteiger partial charge in [-0.25, -0.2) is 17.4 Å². The van der Waals surface area contributed by atoms with Gasteiger partial charge in [-0.05, 0) is 57.0 Å². The molecular weight excluding hydrogens is 541 g/mol. The maximum Gasteiger partial charge on any atom is 0.496 e. The van der Waals surface area contributed by atoms with E-state index in [0.717, 1.165) is 5.56 Å². The monoisotopic (exact) mass is 573 g/mol. The van der Waals surface area contributed by atoms with Crippen molar-refractivity contribution in [2.45, 2.75) is 50.8 Å². The quantitative estimate of drug-likeness (QED) is 0.353. The topological polar surface area (TPSA) is 111 Å². The number of fused-ring (bicyclic) bond motifs is 1. The molecule has 0 atom stereocenters. The third-order valence-corrected chi connectivity index (χ3v) is 9.82. The average molecular weight is 573 g/mol. The van der Waals surface area contributed by atoms with Gasteiger partial charge in [0.1, 0.15) is 0 Å². The molecule has 0 radical (unpaired) electrons. The Morgan fingerprint density at radius 3 is 2.27 bits per heavy atom. The predicted molar refractivity (Wildman–Crippen MR) is 157 cm³/mol. The molecular formula is C30H32BN3O6S. The molecule has 2 fully saturated rings. The van der Waals surface area contributed by atoms with Gasteiger partial charge in [0.15, 0.2) is 5.65 Å². The van der Waals surface area contributed by atoms with E-state index in [1.165, 1.54) is 3.97 Å². The number of β-amino-alcohol motifs (C(OH)–C–C–N with tert-alkyl or cyclic N) is 1. The third kappa shape index (κ3) is 4.97. The molecule has 0 aliphatic carbocycles. The number of amides is 1. The lowest BCUT2D eigenvalue weighted by atomic mass is 9.79. The van der Waals surface area contributed by atoms with Crippen LogP contribution in [0.5, 0.6) is 0 Å². The minimum absolute atomic E-state index is 0.153. The number of aliphatic hydroxyl groups is 1. The van der Waals surface area contributed by atoms with Crippen LogP contribution in [0.15, 0.2) is 73.1 Å². The van der Waals surface area contributed by atoms with Gasteiger partial charge in [0.2, 0.25) is 10.0 Å². The Balaban J connectivity index is 1.42. The number of likely N-dealkylation sites (tertiary alicyclic amines) is 1. The Labute approximate surface area is 239 Å². The molecule has 1 N–H and O–H groups in total. The highest BCUT2D eigenvalue weighted by Crippen LogP contribution is 2.37. The SMILES string of the molecule is CC1(C)OB(c2cnc3c(c2)c(-c2ccc(C(=O)N4CC(O)C4)cc2)cn3S(=O)(=O)Cc2ccccc2)OC1(C)C. The first-order valence-electron chi connectivity index (χ1n) is 13.6. The standard InChI is InChI=1S/C30H32BN3O6S/c1-29(2)30(3,4)40-31(39-29)23-14-25-26(21-10-12-22(13-11-21)28(36)33-16-24(35)17-33)18-34(27(25)32-15-23)41(37,38)19-20-8-6-5-7-9-20/h5-15,18,24,35H,16-17,19H2,1-4H3. The first kappa shape index (κ1) is 27.7. The number of carbonyl (C=O) groups is 1. The summed E-state index contributed by atoms with van der Waals surface area (Å²) in [6.45, 7) is 8.53. The van der Waals surface area contributed by atoms with Crippen molar-refractivity contribution < 1.29 is 27.6 Å². The lowest BCUT2D eigenvalue weighted by molar-refractivity contribution is 0.00578. The zero-order valence-corrected chi connectivity index (χ0v) is 24.3. The van der Waals surface area contributed by atoms with Gasteiger partial charge in [0.25, 0.3) is 5.91 Å². The van der Waals surface area contributed by atoms with Crippen molar-refractivity contribution in [3.8, 4) is 11.1 Å². The van der Waals surface area contributed by atoms with Crippen LogP contribution in [0, 0.1) is 0 Å². The first-order chi connectivity index (χ1) is 19.3.